The number of ether oxygens (including phenoxy) is 3. The van der Waals surface area contributed by atoms with Gasteiger partial charge in [0.1, 0.15) is 12.7 Å². The third-order valence-corrected chi connectivity index (χ3v) is 6.23. The Kier molecular flexibility index (Phi) is 8.95. The van der Waals surface area contributed by atoms with E-state index >= 15 is 0 Å². The molecule has 1 saturated heterocycles. The fourth-order valence-corrected chi connectivity index (χ4v) is 3.99. The Morgan fingerprint density at radius 2 is 1.64 bits per heavy atom. The van der Waals surface area contributed by atoms with Gasteiger partial charge in [0.15, 0.2) is 17.9 Å². The summed E-state index contributed by atoms with van der Waals surface area (Å²) in [5, 5.41) is 3.07. The van der Waals surface area contributed by atoms with E-state index in [9.17, 15) is 23.6 Å². The number of nitrogens with zero attached hydrogens (tertiary/aromatic N) is 2. The molecule has 204 valence electrons. The Bertz CT molecular complexity index is 1430. The van der Waals surface area contributed by atoms with Gasteiger partial charge in [-0.25, -0.2) is 18.8 Å². The second kappa shape index (κ2) is 12.4. The summed E-state index contributed by atoms with van der Waals surface area (Å²) in [7, 11) is 0. The van der Waals surface area contributed by atoms with Crippen LogP contribution in [-0.4, -0.2) is 46.2 Å². The van der Waals surface area contributed by atoms with Crippen LogP contribution in [-0.2, 0) is 19.0 Å². The zero-order valence-electron chi connectivity index (χ0n) is 20.4. The Morgan fingerprint density at radius 3 is 2.23 bits per heavy atom. The number of carbonyl (C=O) groups excluding carboxylic acids is 3. The lowest BCUT2D eigenvalue weighted by Gasteiger charge is -2.21. The van der Waals surface area contributed by atoms with E-state index in [1.54, 1.807) is 6.92 Å². The number of rotatable bonds is 8. The summed E-state index contributed by atoms with van der Waals surface area (Å²) >= 11 is 11.7. The molecule has 10 nitrogen and oxygen atoms in total. The second-order valence-corrected chi connectivity index (χ2v) is 9.34. The van der Waals surface area contributed by atoms with Crippen molar-refractivity contribution in [3.63, 3.8) is 0 Å². The van der Waals surface area contributed by atoms with Crippen LogP contribution in [0.1, 0.15) is 46.7 Å². The highest BCUT2D eigenvalue weighted by atomic mass is 35.5. The van der Waals surface area contributed by atoms with Crippen LogP contribution in [0, 0.1) is 5.82 Å². The van der Waals surface area contributed by atoms with Crippen LogP contribution in [0.4, 0.5) is 10.2 Å². The molecule has 1 aliphatic rings. The largest absolute Gasteiger partial charge is 0.459 e. The molecule has 0 radical (unpaired) electrons. The normalized spacial score (nSPS) is 18.4. The minimum atomic E-state index is -1.30. The van der Waals surface area contributed by atoms with E-state index in [1.807, 2.05) is 0 Å². The van der Waals surface area contributed by atoms with Crippen molar-refractivity contribution in [2.24, 2.45) is 0 Å². The summed E-state index contributed by atoms with van der Waals surface area (Å²) < 4.78 is 32.4. The molecule has 2 aromatic carbocycles. The van der Waals surface area contributed by atoms with Gasteiger partial charge in [0.2, 0.25) is 5.91 Å². The molecular weight excluding hydrogens is 556 g/mol. The first-order valence-electron chi connectivity index (χ1n) is 11.8. The van der Waals surface area contributed by atoms with Crippen molar-refractivity contribution in [2.45, 2.75) is 38.2 Å². The van der Waals surface area contributed by atoms with Gasteiger partial charge in [0.25, 0.3) is 0 Å². The highest BCUT2D eigenvalue weighted by Crippen LogP contribution is 2.32. The van der Waals surface area contributed by atoms with Gasteiger partial charge >= 0.3 is 17.6 Å². The topological polar surface area (TPSA) is 126 Å². The molecule has 0 spiro atoms. The SMILES string of the molecule is CCC(=O)Nc1nc(=O)n([C@@H]2O[C@H](COC(=O)c3ccc(Cl)cc3)C[C@H]2OC(=O)c2ccc(Cl)cc2)cc1F. The molecule has 1 fully saturated rings. The van der Waals surface area contributed by atoms with Gasteiger partial charge in [-0.15, -0.1) is 0 Å². The lowest BCUT2D eigenvalue weighted by molar-refractivity contribution is -0.115. The number of amides is 1. The molecular formula is C26H22Cl2FN3O7. The molecule has 3 aromatic rings. The van der Waals surface area contributed by atoms with Gasteiger partial charge in [-0.05, 0) is 48.5 Å². The van der Waals surface area contributed by atoms with Crippen molar-refractivity contribution in [1.82, 2.24) is 9.55 Å². The maximum absolute atomic E-state index is 14.7. The molecule has 13 heteroatoms. The Hall–Kier alpha value is -3.80. The van der Waals surface area contributed by atoms with Gasteiger partial charge in [-0.3, -0.25) is 9.36 Å². The number of hydrogen-bond donors (Lipinski definition) is 1. The average Bonchev–Trinajstić information content (AvgIpc) is 3.31. The summed E-state index contributed by atoms with van der Waals surface area (Å²) in [6.45, 7) is 1.31. The average molecular weight is 578 g/mol. The molecule has 1 aliphatic heterocycles. The van der Waals surface area contributed by atoms with Gasteiger partial charge in [0.05, 0.1) is 23.4 Å². The highest BCUT2D eigenvalue weighted by molar-refractivity contribution is 6.31. The van der Waals surface area contributed by atoms with Crippen molar-refractivity contribution in [3.05, 3.63) is 92.2 Å². The third-order valence-electron chi connectivity index (χ3n) is 5.72. The summed E-state index contributed by atoms with van der Waals surface area (Å²) in [4.78, 5) is 53.2. The van der Waals surface area contributed by atoms with Gasteiger partial charge in [-0.2, -0.15) is 4.98 Å². The van der Waals surface area contributed by atoms with Crippen LogP contribution < -0.4 is 11.0 Å². The fourth-order valence-electron chi connectivity index (χ4n) is 3.74. The fraction of sp³-hybridized carbons (Fsp3) is 0.269. The Morgan fingerprint density at radius 1 is 1.05 bits per heavy atom. The predicted molar refractivity (Wildman–Crippen MR) is 138 cm³/mol. The van der Waals surface area contributed by atoms with E-state index in [0.717, 1.165) is 10.8 Å². The molecule has 39 heavy (non-hydrogen) atoms. The highest BCUT2D eigenvalue weighted by Gasteiger charge is 2.41. The van der Waals surface area contributed by atoms with E-state index < -0.39 is 53.6 Å². The maximum Gasteiger partial charge on any atom is 0.351 e. The van der Waals surface area contributed by atoms with Gasteiger partial charge < -0.3 is 19.5 Å². The van der Waals surface area contributed by atoms with Gasteiger partial charge in [0, 0.05) is 22.9 Å². The summed E-state index contributed by atoms with van der Waals surface area (Å²) in [5.41, 5.74) is -0.518. The summed E-state index contributed by atoms with van der Waals surface area (Å²) in [6, 6.07) is 12.0. The number of nitrogens with one attached hydrogen (secondary N) is 1. The molecule has 2 heterocycles. The monoisotopic (exact) mass is 577 g/mol. The quantitative estimate of drug-likeness (QED) is 0.390. The standard InChI is InChI=1S/C26H22Cl2FN3O7/c1-2-21(33)30-22-19(29)12-32(26(36)31-22)23-20(39-25(35)15-5-9-17(28)10-6-15)11-18(38-23)13-37-24(34)14-3-7-16(27)8-4-14/h3-10,12,18,20,23H,2,11,13H2,1H3,(H,30,31,33,36)/t18-,20+,23+/m0/s1. The first-order chi connectivity index (χ1) is 18.6. The van der Waals surface area contributed by atoms with E-state index in [-0.39, 0.29) is 30.6 Å². The van der Waals surface area contributed by atoms with Crippen molar-refractivity contribution >= 4 is 46.9 Å². The van der Waals surface area contributed by atoms with Crippen molar-refractivity contribution in [1.29, 1.82) is 0 Å². The first kappa shape index (κ1) is 28.2. The van der Waals surface area contributed by atoms with E-state index in [0.29, 0.717) is 10.0 Å². The number of halogens is 3. The molecule has 4 rings (SSSR count). The second-order valence-electron chi connectivity index (χ2n) is 8.47. The van der Waals surface area contributed by atoms with Crippen molar-refractivity contribution in [3.8, 4) is 0 Å². The van der Waals surface area contributed by atoms with Crippen LogP contribution in [0.5, 0.6) is 0 Å². The lowest BCUT2D eigenvalue weighted by Crippen LogP contribution is -2.35. The molecule has 1 aromatic heterocycles. The Balaban J connectivity index is 1.55. The van der Waals surface area contributed by atoms with Crippen molar-refractivity contribution in [2.75, 3.05) is 11.9 Å². The summed E-state index contributed by atoms with van der Waals surface area (Å²) in [5.74, 6) is -3.45. The predicted octanol–water partition coefficient (Wildman–Crippen LogP) is 4.41. The molecule has 0 unspecified atom stereocenters. The number of aromatic nitrogens is 2. The zero-order chi connectivity index (χ0) is 28.1. The van der Waals surface area contributed by atoms with E-state index in [1.165, 1.54) is 48.5 Å². The lowest BCUT2D eigenvalue weighted by atomic mass is 10.2. The number of benzene rings is 2. The number of hydrogen-bond acceptors (Lipinski definition) is 8. The number of esters is 2. The molecule has 1 N–H and O–H groups in total. The van der Waals surface area contributed by atoms with Gasteiger partial charge in [-0.1, -0.05) is 30.1 Å². The third kappa shape index (κ3) is 6.99. The van der Waals surface area contributed by atoms with Crippen LogP contribution in [0.2, 0.25) is 10.0 Å². The first-order valence-corrected chi connectivity index (χ1v) is 12.5. The van der Waals surface area contributed by atoms with E-state index in [2.05, 4.69) is 10.3 Å². The van der Waals surface area contributed by atoms with Crippen LogP contribution in [0.25, 0.3) is 0 Å². The molecule has 1 amide bonds. The molecule has 0 bridgehead atoms. The van der Waals surface area contributed by atoms with Crippen molar-refractivity contribution < 1.29 is 33.0 Å². The zero-order valence-corrected chi connectivity index (χ0v) is 21.9. The minimum Gasteiger partial charge on any atom is -0.459 e. The molecule has 0 aliphatic carbocycles. The molecule has 3 atom stereocenters. The van der Waals surface area contributed by atoms with E-state index in [4.69, 9.17) is 37.4 Å². The maximum atomic E-state index is 14.7. The van der Waals surface area contributed by atoms with Crippen LogP contribution in [0.3, 0.4) is 0 Å². The van der Waals surface area contributed by atoms with Crippen LogP contribution >= 0.6 is 23.2 Å². The number of carbonyl (C=O) groups is 3. The molecule has 0 saturated carbocycles. The Labute approximate surface area is 231 Å². The van der Waals surface area contributed by atoms with Crippen LogP contribution in [0.15, 0.2) is 59.5 Å². The summed E-state index contributed by atoms with van der Waals surface area (Å²) in [6.07, 6.45) is -2.33. The number of anilines is 1. The minimum absolute atomic E-state index is 0.0142. The smallest absolute Gasteiger partial charge is 0.351 e.